The number of carbonyl (C=O) groups is 1. The highest BCUT2D eigenvalue weighted by molar-refractivity contribution is 6.02. The molecule has 0 aromatic heterocycles. The van der Waals surface area contributed by atoms with E-state index < -0.39 is 37.3 Å². The lowest BCUT2D eigenvalue weighted by atomic mass is 9.98. The molecule has 35 heavy (non-hydrogen) atoms. The van der Waals surface area contributed by atoms with Crippen LogP contribution in [0.5, 0.6) is 0 Å². The lowest BCUT2D eigenvalue weighted by molar-refractivity contribution is -0.248. The molecule has 5 unspecified atom stereocenters. The predicted molar refractivity (Wildman–Crippen MR) is 132 cm³/mol. The molecule has 0 saturated carbocycles. The Morgan fingerprint density at radius 3 is 2.40 bits per heavy atom. The zero-order chi connectivity index (χ0) is 25.5. The van der Waals surface area contributed by atoms with Gasteiger partial charge in [-0.1, -0.05) is 18.2 Å². The van der Waals surface area contributed by atoms with Crippen molar-refractivity contribution < 1.29 is 30.0 Å². The number of aliphatic hydroxyl groups excluding tert-OH is 4. The number of fused-ring (bicyclic) bond motifs is 1. The van der Waals surface area contributed by atoms with Gasteiger partial charge < -0.3 is 35.8 Å². The third-order valence-corrected chi connectivity index (χ3v) is 6.33. The maximum absolute atomic E-state index is 11.4. The minimum atomic E-state index is -1.35. The molecule has 2 aromatic rings. The number of hydrogen-bond acceptors (Lipinski definition) is 9. The van der Waals surface area contributed by atoms with E-state index >= 15 is 0 Å². The molecule has 188 valence electrons. The number of carbonyl (C=O) groups excluding carboxylic acids is 1. The molecule has 0 spiro atoms. The summed E-state index contributed by atoms with van der Waals surface area (Å²) in [5, 5.41) is 47.4. The van der Waals surface area contributed by atoms with Crippen molar-refractivity contribution in [2.24, 2.45) is 5.73 Å². The summed E-state index contributed by atoms with van der Waals surface area (Å²) in [6.45, 7) is 3.22. The SMILES string of the molecule is CC(=O)/C(C#N)=C/c1ccc2cc(N3CCCCC3)ccc2c1.NC1C(O)OC(CO)C(O)C1O. The summed E-state index contributed by atoms with van der Waals surface area (Å²) in [6.07, 6.45) is 0.667. The molecule has 2 fully saturated rings. The molecule has 2 saturated heterocycles. The van der Waals surface area contributed by atoms with Crippen molar-refractivity contribution in [1.82, 2.24) is 0 Å². The number of nitriles is 1. The fourth-order valence-corrected chi connectivity index (χ4v) is 4.19. The number of piperidine rings is 1. The maximum atomic E-state index is 11.4. The van der Waals surface area contributed by atoms with E-state index in [0.717, 1.165) is 24.0 Å². The highest BCUT2D eigenvalue weighted by atomic mass is 16.6. The van der Waals surface area contributed by atoms with Crippen LogP contribution in [0.25, 0.3) is 16.8 Å². The van der Waals surface area contributed by atoms with Gasteiger partial charge in [0.15, 0.2) is 12.1 Å². The van der Waals surface area contributed by atoms with Gasteiger partial charge >= 0.3 is 0 Å². The van der Waals surface area contributed by atoms with Crippen molar-refractivity contribution in [3.8, 4) is 6.07 Å². The van der Waals surface area contributed by atoms with E-state index in [1.807, 2.05) is 18.2 Å². The molecule has 5 atom stereocenters. The second-order valence-electron chi connectivity index (χ2n) is 8.87. The Kier molecular flexibility index (Phi) is 9.34. The number of ketones is 1. The molecule has 2 aliphatic heterocycles. The van der Waals surface area contributed by atoms with Crippen molar-refractivity contribution in [1.29, 1.82) is 5.26 Å². The largest absolute Gasteiger partial charge is 0.394 e. The number of Topliss-reactive ketones (excluding diaryl/α,β-unsaturated/α-hetero) is 1. The second-order valence-corrected chi connectivity index (χ2v) is 8.87. The fraction of sp³-hybridized carbons (Fsp3) is 0.462. The molecule has 2 aromatic carbocycles. The van der Waals surface area contributed by atoms with Crippen molar-refractivity contribution >= 4 is 28.3 Å². The Balaban J connectivity index is 0.000000241. The highest BCUT2D eigenvalue weighted by Gasteiger charge is 2.41. The number of allylic oxidation sites excluding steroid dienone is 1. The molecule has 9 nitrogen and oxygen atoms in total. The number of nitrogens with two attached hydrogens (primary N) is 1. The number of ether oxygens (including phenoxy) is 1. The average molecular weight is 484 g/mol. The molecular formula is C26H33N3O6. The van der Waals surface area contributed by atoms with Crippen LogP contribution >= 0.6 is 0 Å². The highest BCUT2D eigenvalue weighted by Crippen LogP contribution is 2.26. The molecule has 6 N–H and O–H groups in total. The Bertz CT molecular complexity index is 1090. The van der Waals surface area contributed by atoms with E-state index in [9.17, 15) is 15.0 Å². The van der Waals surface area contributed by atoms with Crippen molar-refractivity contribution in [2.75, 3.05) is 24.6 Å². The Hall–Kier alpha value is -2.84. The number of hydrogen-bond donors (Lipinski definition) is 5. The lowest BCUT2D eigenvalue weighted by Gasteiger charge is -2.38. The van der Waals surface area contributed by atoms with E-state index in [-0.39, 0.29) is 11.4 Å². The van der Waals surface area contributed by atoms with Gasteiger partial charge in [0, 0.05) is 18.8 Å². The van der Waals surface area contributed by atoms with Gasteiger partial charge in [-0.15, -0.1) is 0 Å². The number of aliphatic hydroxyl groups is 4. The Labute approximate surface area is 204 Å². The van der Waals surface area contributed by atoms with Crippen LogP contribution in [0.4, 0.5) is 5.69 Å². The van der Waals surface area contributed by atoms with E-state index in [4.69, 9.17) is 25.9 Å². The van der Waals surface area contributed by atoms with Crippen molar-refractivity contribution in [3.63, 3.8) is 0 Å². The van der Waals surface area contributed by atoms with Gasteiger partial charge in [-0.3, -0.25) is 4.79 Å². The summed E-state index contributed by atoms with van der Waals surface area (Å²) in [4.78, 5) is 13.8. The first-order valence-corrected chi connectivity index (χ1v) is 11.7. The third kappa shape index (κ3) is 6.64. The van der Waals surface area contributed by atoms with Crippen molar-refractivity contribution in [2.45, 2.75) is 56.8 Å². The smallest absolute Gasteiger partial charge is 0.173 e. The van der Waals surface area contributed by atoms with Gasteiger partial charge in [0.2, 0.25) is 0 Å². The normalized spacial score (nSPS) is 27.1. The van der Waals surface area contributed by atoms with Crippen LogP contribution in [0, 0.1) is 11.3 Å². The first kappa shape index (κ1) is 26.8. The molecule has 0 amide bonds. The summed E-state index contributed by atoms with van der Waals surface area (Å²) >= 11 is 0. The first-order valence-electron chi connectivity index (χ1n) is 11.7. The number of anilines is 1. The van der Waals surface area contributed by atoms with Crippen LogP contribution in [-0.4, -0.2) is 76.5 Å². The number of nitrogens with zero attached hydrogens (tertiary/aromatic N) is 2. The Morgan fingerprint density at radius 2 is 1.77 bits per heavy atom. The third-order valence-electron chi connectivity index (χ3n) is 6.33. The molecule has 2 aliphatic rings. The molecule has 2 heterocycles. The van der Waals surface area contributed by atoms with Crippen LogP contribution in [-0.2, 0) is 9.53 Å². The van der Waals surface area contributed by atoms with Crippen LogP contribution in [0.1, 0.15) is 31.7 Å². The minimum Gasteiger partial charge on any atom is -0.394 e. The second kappa shape index (κ2) is 12.2. The summed E-state index contributed by atoms with van der Waals surface area (Å²) in [5.74, 6) is -0.201. The van der Waals surface area contributed by atoms with Gasteiger partial charge in [-0.05, 0) is 66.8 Å². The molecule has 0 bridgehead atoms. The minimum absolute atomic E-state index is 0.189. The van der Waals surface area contributed by atoms with E-state index in [1.54, 1.807) is 6.08 Å². The standard InChI is InChI=1S/C20H20N2O.C6H13NO5/c1-15(23)19(14-21)12-16-5-6-18-13-20(8-7-17(18)11-16)22-9-3-2-4-10-22;7-3-5(10)4(9)2(1-8)12-6(3)11/h5-8,11-13H,2-4,9-10H2,1H3;2-6,8-11H,1,7H2/b19-12+;. The first-order chi connectivity index (χ1) is 16.7. The van der Waals surface area contributed by atoms with Gasteiger partial charge in [0.05, 0.1) is 18.2 Å². The van der Waals surface area contributed by atoms with Crippen molar-refractivity contribution in [3.05, 3.63) is 47.5 Å². The topological polar surface area (TPSA) is 160 Å². The average Bonchev–Trinajstić information content (AvgIpc) is 2.88. The monoisotopic (exact) mass is 483 g/mol. The Morgan fingerprint density at radius 1 is 1.11 bits per heavy atom. The van der Waals surface area contributed by atoms with Crippen LogP contribution in [0.2, 0.25) is 0 Å². The maximum Gasteiger partial charge on any atom is 0.173 e. The summed E-state index contributed by atoms with van der Waals surface area (Å²) in [6, 6.07) is 13.5. The molecule has 0 aliphatic carbocycles. The molecule has 9 heteroatoms. The summed E-state index contributed by atoms with van der Waals surface area (Å²) in [7, 11) is 0. The van der Waals surface area contributed by atoms with E-state index in [1.165, 1.54) is 37.3 Å². The quantitative estimate of drug-likeness (QED) is 0.316. The van der Waals surface area contributed by atoms with Crippen LogP contribution in [0.15, 0.2) is 42.0 Å². The van der Waals surface area contributed by atoms with E-state index in [2.05, 4.69) is 29.2 Å². The van der Waals surface area contributed by atoms with E-state index in [0.29, 0.717) is 0 Å². The van der Waals surface area contributed by atoms with Gasteiger partial charge in [0.1, 0.15) is 24.4 Å². The van der Waals surface area contributed by atoms with Gasteiger partial charge in [-0.2, -0.15) is 5.26 Å². The zero-order valence-corrected chi connectivity index (χ0v) is 19.7. The number of benzene rings is 2. The zero-order valence-electron chi connectivity index (χ0n) is 19.7. The lowest BCUT2D eigenvalue weighted by Crippen LogP contribution is -2.61. The van der Waals surface area contributed by atoms with Gasteiger partial charge in [-0.25, -0.2) is 0 Å². The van der Waals surface area contributed by atoms with Gasteiger partial charge in [0.25, 0.3) is 0 Å². The summed E-state index contributed by atoms with van der Waals surface area (Å²) in [5.41, 5.74) is 7.62. The molecule has 0 radical (unpaired) electrons. The molecular weight excluding hydrogens is 450 g/mol. The predicted octanol–water partition coefficient (Wildman–Crippen LogP) is 1.07. The number of rotatable bonds is 4. The fourth-order valence-electron chi connectivity index (χ4n) is 4.19. The van der Waals surface area contributed by atoms with Crippen LogP contribution < -0.4 is 10.6 Å². The summed E-state index contributed by atoms with van der Waals surface area (Å²) < 4.78 is 4.70. The van der Waals surface area contributed by atoms with Crippen LogP contribution in [0.3, 0.4) is 0 Å². The molecule has 4 rings (SSSR count).